The Labute approximate surface area is 191 Å². The maximum absolute atomic E-state index is 12.8. The molecule has 3 aromatic rings. The fraction of sp³-hybridized carbons (Fsp3) is 0.321. The summed E-state index contributed by atoms with van der Waals surface area (Å²) in [6.07, 6.45) is 1.81. The van der Waals surface area contributed by atoms with Crippen LogP contribution in [0.4, 0.5) is 0 Å². The third kappa shape index (κ3) is 6.13. The molecule has 0 aromatic heterocycles. The minimum atomic E-state index is -0.0861. The van der Waals surface area contributed by atoms with E-state index in [1.807, 2.05) is 43.3 Å². The Kier molecular flexibility index (Phi) is 7.93. The van der Waals surface area contributed by atoms with Gasteiger partial charge in [0.05, 0.1) is 7.11 Å². The van der Waals surface area contributed by atoms with Gasteiger partial charge in [0.1, 0.15) is 18.1 Å². The Morgan fingerprint density at radius 3 is 2.44 bits per heavy atom. The molecule has 4 heteroatoms. The van der Waals surface area contributed by atoms with Gasteiger partial charge in [-0.05, 0) is 87.1 Å². The first-order chi connectivity index (χ1) is 15.4. The number of hydrogen-bond donors (Lipinski definition) is 1. The number of aryl methyl sites for hydroxylation is 3. The van der Waals surface area contributed by atoms with Crippen LogP contribution in [-0.4, -0.2) is 19.1 Å². The molecule has 0 heterocycles. The van der Waals surface area contributed by atoms with E-state index in [4.69, 9.17) is 9.47 Å². The second-order valence-electron chi connectivity index (χ2n) is 8.42. The van der Waals surface area contributed by atoms with Crippen molar-refractivity contribution < 1.29 is 14.3 Å². The summed E-state index contributed by atoms with van der Waals surface area (Å²) in [5.41, 5.74) is 6.20. The molecular formula is C28H33NO3. The van der Waals surface area contributed by atoms with Gasteiger partial charge < -0.3 is 14.8 Å². The predicted molar refractivity (Wildman–Crippen MR) is 130 cm³/mol. The number of hydrogen-bond acceptors (Lipinski definition) is 3. The van der Waals surface area contributed by atoms with Crippen LogP contribution < -0.4 is 14.8 Å². The number of amides is 1. The number of carbonyl (C=O) groups is 1. The van der Waals surface area contributed by atoms with Gasteiger partial charge in [0, 0.05) is 17.2 Å². The molecule has 0 spiro atoms. The average molecular weight is 432 g/mol. The van der Waals surface area contributed by atoms with Gasteiger partial charge in [-0.1, -0.05) is 36.4 Å². The average Bonchev–Trinajstić information content (AvgIpc) is 2.79. The molecule has 0 radical (unpaired) electrons. The summed E-state index contributed by atoms with van der Waals surface area (Å²) in [7, 11) is 1.63. The molecule has 1 amide bonds. The molecule has 168 valence electrons. The van der Waals surface area contributed by atoms with Crippen molar-refractivity contribution in [1.29, 1.82) is 0 Å². The van der Waals surface area contributed by atoms with Crippen LogP contribution >= 0.6 is 0 Å². The lowest BCUT2D eigenvalue weighted by molar-refractivity contribution is 0.0938. The van der Waals surface area contributed by atoms with Crippen LogP contribution in [0.2, 0.25) is 0 Å². The van der Waals surface area contributed by atoms with Crippen molar-refractivity contribution in [3.05, 3.63) is 94.0 Å². The fourth-order valence-corrected chi connectivity index (χ4v) is 3.75. The van der Waals surface area contributed by atoms with Crippen LogP contribution in [0.5, 0.6) is 11.5 Å². The first kappa shape index (κ1) is 23.4. The molecule has 0 saturated heterocycles. The highest BCUT2D eigenvalue weighted by atomic mass is 16.5. The Morgan fingerprint density at radius 2 is 1.72 bits per heavy atom. The van der Waals surface area contributed by atoms with E-state index in [2.05, 4.69) is 44.3 Å². The lowest BCUT2D eigenvalue weighted by atomic mass is 10.0. The van der Waals surface area contributed by atoms with Gasteiger partial charge in [-0.15, -0.1) is 0 Å². The van der Waals surface area contributed by atoms with Crippen LogP contribution in [0.1, 0.15) is 51.5 Å². The standard InChI is InChI=1S/C28H33NO3/c1-19-15-20(2)22(4)27(16-19)32-18-25-17-24(13-14-26(25)31-5)28(30)29-21(3)11-12-23-9-7-6-8-10-23/h6-10,13-17,21H,11-12,18H2,1-5H3,(H,29,30)/t21-/m1/s1. The maximum Gasteiger partial charge on any atom is 0.251 e. The summed E-state index contributed by atoms with van der Waals surface area (Å²) in [6.45, 7) is 8.57. The van der Waals surface area contributed by atoms with Crippen molar-refractivity contribution >= 4 is 5.91 Å². The third-order valence-electron chi connectivity index (χ3n) is 5.78. The Morgan fingerprint density at radius 1 is 0.969 bits per heavy atom. The van der Waals surface area contributed by atoms with Gasteiger partial charge in [0.25, 0.3) is 5.91 Å². The number of ether oxygens (including phenoxy) is 2. The van der Waals surface area contributed by atoms with Crippen LogP contribution in [0.3, 0.4) is 0 Å². The zero-order chi connectivity index (χ0) is 23.1. The van der Waals surface area contributed by atoms with Crippen LogP contribution in [-0.2, 0) is 13.0 Å². The molecule has 0 saturated carbocycles. The quantitative estimate of drug-likeness (QED) is 0.455. The molecule has 3 aromatic carbocycles. The van der Waals surface area contributed by atoms with E-state index >= 15 is 0 Å². The fourth-order valence-electron chi connectivity index (χ4n) is 3.75. The molecule has 1 N–H and O–H groups in total. The second-order valence-corrected chi connectivity index (χ2v) is 8.42. The second kappa shape index (κ2) is 10.9. The van der Waals surface area contributed by atoms with Crippen molar-refractivity contribution in [2.75, 3.05) is 7.11 Å². The smallest absolute Gasteiger partial charge is 0.251 e. The largest absolute Gasteiger partial charge is 0.496 e. The number of benzene rings is 3. The number of rotatable bonds is 9. The number of carbonyl (C=O) groups excluding carboxylic acids is 1. The highest BCUT2D eigenvalue weighted by Gasteiger charge is 2.14. The molecule has 0 aliphatic rings. The Balaban J connectivity index is 1.66. The van der Waals surface area contributed by atoms with Gasteiger partial charge in [-0.3, -0.25) is 4.79 Å². The van der Waals surface area contributed by atoms with Crippen molar-refractivity contribution in [1.82, 2.24) is 5.32 Å². The van der Waals surface area contributed by atoms with E-state index in [9.17, 15) is 4.79 Å². The van der Waals surface area contributed by atoms with E-state index in [0.29, 0.717) is 17.9 Å². The van der Waals surface area contributed by atoms with Crippen LogP contribution in [0, 0.1) is 20.8 Å². The summed E-state index contributed by atoms with van der Waals surface area (Å²) in [4.78, 5) is 12.8. The monoisotopic (exact) mass is 431 g/mol. The lowest BCUT2D eigenvalue weighted by Gasteiger charge is -2.17. The molecule has 3 rings (SSSR count). The molecule has 32 heavy (non-hydrogen) atoms. The highest BCUT2D eigenvalue weighted by Crippen LogP contribution is 2.27. The summed E-state index contributed by atoms with van der Waals surface area (Å²) >= 11 is 0. The van der Waals surface area contributed by atoms with E-state index in [1.54, 1.807) is 13.2 Å². The lowest BCUT2D eigenvalue weighted by Crippen LogP contribution is -2.33. The van der Waals surface area contributed by atoms with Gasteiger partial charge >= 0.3 is 0 Å². The van der Waals surface area contributed by atoms with Gasteiger partial charge in [0.2, 0.25) is 0 Å². The molecule has 0 bridgehead atoms. The summed E-state index contributed by atoms with van der Waals surface area (Å²) in [6, 6.07) is 20.1. The minimum Gasteiger partial charge on any atom is -0.496 e. The molecule has 4 nitrogen and oxygen atoms in total. The molecule has 0 unspecified atom stereocenters. The number of methoxy groups -OCH3 is 1. The molecule has 1 atom stereocenters. The Hall–Kier alpha value is -3.27. The summed E-state index contributed by atoms with van der Waals surface area (Å²) < 4.78 is 11.6. The van der Waals surface area contributed by atoms with E-state index in [0.717, 1.165) is 35.3 Å². The molecule has 0 fully saturated rings. The van der Waals surface area contributed by atoms with Crippen molar-refractivity contribution in [3.8, 4) is 11.5 Å². The first-order valence-electron chi connectivity index (χ1n) is 11.1. The highest BCUT2D eigenvalue weighted by molar-refractivity contribution is 5.94. The van der Waals surface area contributed by atoms with Crippen LogP contribution in [0.15, 0.2) is 60.7 Å². The van der Waals surface area contributed by atoms with Crippen LogP contribution in [0.25, 0.3) is 0 Å². The van der Waals surface area contributed by atoms with E-state index < -0.39 is 0 Å². The van der Waals surface area contributed by atoms with Gasteiger partial charge in [0.15, 0.2) is 0 Å². The SMILES string of the molecule is COc1ccc(C(=O)N[C@H](C)CCc2ccccc2)cc1COc1cc(C)cc(C)c1C. The van der Waals surface area contributed by atoms with E-state index in [1.165, 1.54) is 11.1 Å². The molecule has 0 aliphatic heterocycles. The Bertz CT molecular complexity index is 1060. The third-order valence-corrected chi connectivity index (χ3v) is 5.78. The van der Waals surface area contributed by atoms with Crippen molar-refractivity contribution in [2.24, 2.45) is 0 Å². The van der Waals surface area contributed by atoms with Gasteiger partial charge in [-0.2, -0.15) is 0 Å². The zero-order valence-corrected chi connectivity index (χ0v) is 19.7. The zero-order valence-electron chi connectivity index (χ0n) is 19.7. The normalized spacial score (nSPS) is 11.7. The van der Waals surface area contributed by atoms with Crippen molar-refractivity contribution in [3.63, 3.8) is 0 Å². The summed E-state index contributed by atoms with van der Waals surface area (Å²) in [5.74, 6) is 1.48. The predicted octanol–water partition coefficient (Wildman–Crippen LogP) is 5.95. The van der Waals surface area contributed by atoms with Crippen molar-refractivity contribution in [2.45, 2.75) is 53.2 Å². The molecular weight excluding hydrogens is 398 g/mol. The molecule has 0 aliphatic carbocycles. The van der Waals surface area contributed by atoms with E-state index in [-0.39, 0.29) is 11.9 Å². The minimum absolute atomic E-state index is 0.0717. The topological polar surface area (TPSA) is 47.6 Å². The maximum atomic E-state index is 12.8. The summed E-state index contributed by atoms with van der Waals surface area (Å²) in [5, 5.41) is 3.11. The van der Waals surface area contributed by atoms with Gasteiger partial charge in [-0.25, -0.2) is 0 Å². The first-order valence-corrected chi connectivity index (χ1v) is 11.1. The number of nitrogens with one attached hydrogen (secondary N) is 1.